The number of nitrogens with one attached hydrogen (secondary N) is 1. The summed E-state index contributed by atoms with van der Waals surface area (Å²) in [7, 11) is 0. The molecule has 7 nitrogen and oxygen atoms in total. The smallest absolute Gasteiger partial charge is 0.410 e. The van der Waals surface area contributed by atoms with Crippen LogP contribution in [0.5, 0.6) is 0 Å². The van der Waals surface area contributed by atoms with Gasteiger partial charge in [-0.1, -0.05) is 18.2 Å². The predicted octanol–water partition coefficient (Wildman–Crippen LogP) is 0.513. The largest absolute Gasteiger partial charge is 0.448 e. The monoisotopic (exact) mass is 291 g/mol. The first-order valence-electron chi connectivity index (χ1n) is 6.65. The summed E-state index contributed by atoms with van der Waals surface area (Å²) >= 11 is 0. The molecular weight excluding hydrogens is 274 g/mol. The van der Waals surface area contributed by atoms with Crippen molar-refractivity contribution in [2.45, 2.75) is 18.9 Å². The van der Waals surface area contributed by atoms with Gasteiger partial charge in [0, 0.05) is 12.1 Å². The molecule has 0 bridgehead atoms. The van der Waals surface area contributed by atoms with Gasteiger partial charge in [0.15, 0.2) is 0 Å². The maximum atomic E-state index is 11.4. The molecule has 0 saturated carbocycles. The molecule has 2 fully saturated rings. The van der Waals surface area contributed by atoms with E-state index in [1.165, 1.54) is 4.90 Å². The highest BCUT2D eigenvalue weighted by molar-refractivity contribution is 6.01. The molecule has 3 rings (SSSR count). The second-order valence-electron chi connectivity index (χ2n) is 4.69. The van der Waals surface area contributed by atoms with Gasteiger partial charge in [0.2, 0.25) is 11.8 Å². The van der Waals surface area contributed by atoms with Crippen molar-refractivity contribution in [1.82, 2.24) is 10.2 Å². The molecule has 2 aliphatic heterocycles. The Labute approximate surface area is 122 Å². The normalized spacial score (nSPS) is 21.2. The van der Waals surface area contributed by atoms with Crippen LogP contribution in [0.1, 0.15) is 12.8 Å². The van der Waals surface area contributed by atoms with Crippen LogP contribution in [0.3, 0.4) is 0 Å². The predicted molar refractivity (Wildman–Crippen MR) is 75.1 cm³/mol. The molecule has 1 atom stereocenters. The number of nitrogens with two attached hydrogens (primary N) is 1. The summed E-state index contributed by atoms with van der Waals surface area (Å²) in [4.78, 5) is 34.7. The second kappa shape index (κ2) is 6.74. The molecule has 112 valence electrons. The summed E-state index contributed by atoms with van der Waals surface area (Å²) < 4.78 is 4.72. The zero-order valence-electron chi connectivity index (χ0n) is 11.5. The molecule has 2 heterocycles. The molecule has 0 spiro atoms. The summed E-state index contributed by atoms with van der Waals surface area (Å²) in [5.74, 6) is -0.682. The lowest BCUT2D eigenvalue weighted by atomic mass is 10.1. The Balaban J connectivity index is 0.000000194. The molecule has 3 N–H and O–H groups in total. The highest BCUT2D eigenvalue weighted by Crippen LogP contribution is 2.16. The summed E-state index contributed by atoms with van der Waals surface area (Å²) in [6, 6.07) is 8.95. The molecule has 3 amide bonds. The third-order valence-corrected chi connectivity index (χ3v) is 3.18. The van der Waals surface area contributed by atoms with E-state index >= 15 is 0 Å². The summed E-state index contributed by atoms with van der Waals surface area (Å²) in [6.45, 7) is 0.738. The summed E-state index contributed by atoms with van der Waals surface area (Å²) in [6.07, 6.45) is 0.194. The molecule has 21 heavy (non-hydrogen) atoms. The number of para-hydroxylation sites is 1. The van der Waals surface area contributed by atoms with Crippen molar-refractivity contribution in [1.29, 1.82) is 0 Å². The fourth-order valence-electron chi connectivity index (χ4n) is 2.12. The van der Waals surface area contributed by atoms with Crippen molar-refractivity contribution in [2.24, 2.45) is 0 Å². The van der Waals surface area contributed by atoms with E-state index in [0.717, 1.165) is 5.69 Å². The van der Waals surface area contributed by atoms with Gasteiger partial charge in [-0.2, -0.15) is 0 Å². The van der Waals surface area contributed by atoms with E-state index in [4.69, 9.17) is 10.5 Å². The van der Waals surface area contributed by atoms with Gasteiger partial charge in [-0.05, 0) is 18.6 Å². The number of carbonyl (C=O) groups is 3. The van der Waals surface area contributed by atoms with Crippen LogP contribution < -0.4 is 11.1 Å². The lowest BCUT2D eigenvalue weighted by Gasteiger charge is -2.27. The average Bonchev–Trinajstić information content (AvgIpc) is 2.87. The number of benzene rings is 1. The lowest BCUT2D eigenvalue weighted by Crippen LogP contribution is -2.52. The number of carbonyl (C=O) groups excluding carboxylic acids is 3. The number of imide groups is 1. The number of anilines is 1. The van der Waals surface area contributed by atoms with Gasteiger partial charge in [0.05, 0.1) is 6.54 Å². The van der Waals surface area contributed by atoms with Crippen LogP contribution in [-0.4, -0.2) is 42.0 Å². The van der Waals surface area contributed by atoms with Crippen LogP contribution in [0, 0.1) is 0 Å². The van der Waals surface area contributed by atoms with Crippen molar-refractivity contribution in [3.05, 3.63) is 30.3 Å². The number of ether oxygens (including phenoxy) is 1. The van der Waals surface area contributed by atoms with Gasteiger partial charge in [-0.15, -0.1) is 0 Å². The maximum absolute atomic E-state index is 11.4. The van der Waals surface area contributed by atoms with Gasteiger partial charge in [0.25, 0.3) is 0 Å². The number of hydrogen-bond donors (Lipinski definition) is 2. The molecule has 1 unspecified atom stereocenters. The Morgan fingerprint density at radius 2 is 1.90 bits per heavy atom. The van der Waals surface area contributed by atoms with E-state index in [9.17, 15) is 14.4 Å². The maximum Gasteiger partial charge on any atom is 0.410 e. The van der Waals surface area contributed by atoms with Gasteiger partial charge in [0.1, 0.15) is 12.6 Å². The first-order chi connectivity index (χ1) is 10.1. The highest BCUT2D eigenvalue weighted by atomic mass is 16.6. The Morgan fingerprint density at radius 1 is 1.19 bits per heavy atom. The van der Waals surface area contributed by atoms with Crippen molar-refractivity contribution in [3.63, 3.8) is 0 Å². The Bertz CT molecular complexity index is 532. The van der Waals surface area contributed by atoms with Crippen LogP contribution in [0.25, 0.3) is 0 Å². The van der Waals surface area contributed by atoms with Crippen LogP contribution in [0.4, 0.5) is 10.5 Å². The molecule has 0 aliphatic carbocycles. The number of nitrogen functional groups attached to an aromatic ring is 1. The first-order valence-corrected chi connectivity index (χ1v) is 6.65. The quantitative estimate of drug-likeness (QED) is 0.580. The highest BCUT2D eigenvalue weighted by Gasteiger charge is 2.37. The van der Waals surface area contributed by atoms with Crippen molar-refractivity contribution < 1.29 is 19.1 Å². The molecule has 0 radical (unpaired) electrons. The zero-order chi connectivity index (χ0) is 15.2. The van der Waals surface area contributed by atoms with Crippen LogP contribution in [0.2, 0.25) is 0 Å². The summed E-state index contributed by atoms with van der Waals surface area (Å²) in [5.41, 5.74) is 6.18. The van der Waals surface area contributed by atoms with E-state index < -0.39 is 18.0 Å². The van der Waals surface area contributed by atoms with E-state index in [0.29, 0.717) is 19.6 Å². The molecule has 0 aromatic heterocycles. The van der Waals surface area contributed by atoms with Crippen LogP contribution in [0.15, 0.2) is 30.3 Å². The first kappa shape index (κ1) is 14.8. The lowest BCUT2D eigenvalue weighted by molar-refractivity contribution is -0.136. The number of piperidine rings is 1. The Morgan fingerprint density at radius 3 is 2.38 bits per heavy atom. The van der Waals surface area contributed by atoms with Crippen molar-refractivity contribution >= 4 is 23.6 Å². The standard InChI is InChI=1S/C8H10N2O4.C6H7N/c11-6-2-1-5(7(12)9-6)10-3-4-14-8(10)13;7-6-4-2-1-3-5-6/h5H,1-4H2,(H,9,11,12);1-5H,7H2. The third kappa shape index (κ3) is 3.95. The van der Waals surface area contributed by atoms with Gasteiger partial charge in [-0.25, -0.2) is 4.79 Å². The third-order valence-electron chi connectivity index (χ3n) is 3.18. The number of hydrogen-bond acceptors (Lipinski definition) is 5. The summed E-state index contributed by atoms with van der Waals surface area (Å²) in [5, 5.41) is 2.20. The second-order valence-corrected chi connectivity index (χ2v) is 4.69. The molecule has 1 aromatic rings. The van der Waals surface area contributed by atoms with Crippen molar-refractivity contribution in [2.75, 3.05) is 18.9 Å². The molecule has 7 heteroatoms. The van der Waals surface area contributed by atoms with Gasteiger partial charge in [-0.3, -0.25) is 19.8 Å². The fraction of sp³-hybridized carbons (Fsp3) is 0.357. The number of cyclic esters (lactones) is 1. The molecule has 1 aromatic carbocycles. The van der Waals surface area contributed by atoms with E-state index in [1.54, 1.807) is 0 Å². The van der Waals surface area contributed by atoms with E-state index in [-0.39, 0.29) is 12.3 Å². The minimum absolute atomic E-state index is 0.278. The SMILES string of the molecule is Nc1ccccc1.O=C1CCC(N2CCOC2=O)C(=O)N1. The molecule has 2 aliphatic rings. The van der Waals surface area contributed by atoms with Crippen LogP contribution in [-0.2, 0) is 14.3 Å². The fourth-order valence-corrected chi connectivity index (χ4v) is 2.12. The van der Waals surface area contributed by atoms with Gasteiger partial charge < -0.3 is 10.5 Å². The zero-order valence-corrected chi connectivity index (χ0v) is 11.5. The topological polar surface area (TPSA) is 102 Å². The Kier molecular flexibility index (Phi) is 4.76. The average molecular weight is 291 g/mol. The van der Waals surface area contributed by atoms with E-state index in [1.807, 2.05) is 30.3 Å². The minimum atomic E-state index is -0.539. The minimum Gasteiger partial charge on any atom is -0.448 e. The van der Waals surface area contributed by atoms with E-state index in [2.05, 4.69) is 5.32 Å². The molecule has 2 saturated heterocycles. The molecular formula is C14H17N3O4. The number of nitrogens with zero attached hydrogens (tertiary/aromatic N) is 1. The number of amides is 3. The Hall–Kier alpha value is -2.57. The van der Waals surface area contributed by atoms with Crippen LogP contribution >= 0.6 is 0 Å². The van der Waals surface area contributed by atoms with Crippen molar-refractivity contribution in [3.8, 4) is 0 Å². The number of rotatable bonds is 1. The van der Waals surface area contributed by atoms with Gasteiger partial charge >= 0.3 is 6.09 Å².